The fourth-order valence-electron chi connectivity index (χ4n) is 3.72. The number of piperazine rings is 1. The van der Waals surface area contributed by atoms with Crippen molar-refractivity contribution in [3.05, 3.63) is 53.1 Å². The van der Waals surface area contributed by atoms with Gasteiger partial charge in [0, 0.05) is 38.3 Å². The number of amides is 1. The van der Waals surface area contributed by atoms with Crippen LogP contribution in [0.4, 0.5) is 0 Å². The topological polar surface area (TPSA) is 51.2 Å². The highest BCUT2D eigenvalue weighted by atomic mass is 16.7. The van der Waals surface area contributed by atoms with Crippen molar-refractivity contribution >= 4 is 5.91 Å². The lowest BCUT2D eigenvalue weighted by atomic mass is 10.1. The molecule has 0 saturated carbocycles. The predicted octanol–water partition coefficient (Wildman–Crippen LogP) is 3.26. The Morgan fingerprint density at radius 2 is 1.79 bits per heavy atom. The summed E-state index contributed by atoms with van der Waals surface area (Å²) in [5, 5.41) is 0. The molecule has 4 rings (SSSR count). The first-order valence-corrected chi connectivity index (χ1v) is 10.2. The van der Waals surface area contributed by atoms with Crippen LogP contribution >= 0.6 is 0 Å². The number of aryl methyl sites for hydroxylation is 2. The number of hydrogen-bond donors (Lipinski definition) is 0. The highest BCUT2D eigenvalue weighted by molar-refractivity contribution is 5.95. The Morgan fingerprint density at radius 3 is 2.62 bits per heavy atom. The van der Waals surface area contributed by atoms with Gasteiger partial charge < -0.3 is 19.1 Å². The molecule has 2 aliphatic heterocycles. The lowest BCUT2D eigenvalue weighted by molar-refractivity contribution is 0.0630. The second-order valence-electron chi connectivity index (χ2n) is 7.67. The van der Waals surface area contributed by atoms with Gasteiger partial charge >= 0.3 is 0 Å². The summed E-state index contributed by atoms with van der Waals surface area (Å²) >= 11 is 0. The molecule has 0 N–H and O–H groups in total. The SMILES string of the molecule is Cc1ccc(C)c(OCCCN2CCN(C(=O)c3ccc4c(c3)OCO4)CC2)c1. The molecule has 0 atom stereocenters. The molecule has 154 valence electrons. The van der Waals surface area contributed by atoms with Crippen LogP contribution in [0.3, 0.4) is 0 Å². The Kier molecular flexibility index (Phi) is 5.90. The maximum absolute atomic E-state index is 12.8. The first-order chi connectivity index (χ1) is 14.1. The lowest BCUT2D eigenvalue weighted by Gasteiger charge is -2.34. The van der Waals surface area contributed by atoms with Crippen molar-refractivity contribution in [2.24, 2.45) is 0 Å². The number of carbonyl (C=O) groups is 1. The number of benzene rings is 2. The zero-order valence-electron chi connectivity index (χ0n) is 17.1. The molecule has 1 saturated heterocycles. The molecule has 0 bridgehead atoms. The minimum Gasteiger partial charge on any atom is -0.493 e. The average molecular weight is 396 g/mol. The Morgan fingerprint density at radius 1 is 1.00 bits per heavy atom. The maximum atomic E-state index is 12.8. The van der Waals surface area contributed by atoms with Gasteiger partial charge in [-0.2, -0.15) is 0 Å². The molecule has 0 aliphatic carbocycles. The molecule has 0 unspecified atom stereocenters. The summed E-state index contributed by atoms with van der Waals surface area (Å²) in [4.78, 5) is 17.1. The number of ether oxygens (including phenoxy) is 3. The smallest absolute Gasteiger partial charge is 0.254 e. The number of hydrogen-bond acceptors (Lipinski definition) is 5. The second-order valence-corrected chi connectivity index (χ2v) is 7.67. The minimum absolute atomic E-state index is 0.0567. The molecule has 1 fully saturated rings. The fourth-order valence-corrected chi connectivity index (χ4v) is 3.72. The number of fused-ring (bicyclic) bond motifs is 1. The van der Waals surface area contributed by atoms with E-state index in [9.17, 15) is 4.79 Å². The average Bonchev–Trinajstić information content (AvgIpc) is 3.21. The van der Waals surface area contributed by atoms with Crippen molar-refractivity contribution < 1.29 is 19.0 Å². The summed E-state index contributed by atoms with van der Waals surface area (Å²) in [5.41, 5.74) is 3.05. The van der Waals surface area contributed by atoms with E-state index in [4.69, 9.17) is 14.2 Å². The van der Waals surface area contributed by atoms with E-state index in [2.05, 4.69) is 36.9 Å². The third-order valence-electron chi connectivity index (χ3n) is 5.50. The molecule has 1 amide bonds. The molecular weight excluding hydrogens is 368 g/mol. The van der Waals surface area contributed by atoms with Gasteiger partial charge in [-0.3, -0.25) is 9.69 Å². The summed E-state index contributed by atoms with van der Waals surface area (Å²) in [6, 6.07) is 11.7. The van der Waals surface area contributed by atoms with E-state index in [-0.39, 0.29) is 12.7 Å². The third kappa shape index (κ3) is 4.65. The minimum atomic E-state index is 0.0567. The largest absolute Gasteiger partial charge is 0.493 e. The van der Waals surface area contributed by atoms with Gasteiger partial charge in [0.25, 0.3) is 5.91 Å². The molecule has 0 radical (unpaired) electrons. The van der Waals surface area contributed by atoms with Crippen LogP contribution in [0.15, 0.2) is 36.4 Å². The first-order valence-electron chi connectivity index (χ1n) is 10.2. The van der Waals surface area contributed by atoms with E-state index in [1.807, 2.05) is 17.0 Å². The highest BCUT2D eigenvalue weighted by Crippen LogP contribution is 2.32. The predicted molar refractivity (Wildman–Crippen MR) is 111 cm³/mol. The summed E-state index contributed by atoms with van der Waals surface area (Å²) < 4.78 is 16.6. The maximum Gasteiger partial charge on any atom is 0.254 e. The van der Waals surface area contributed by atoms with Crippen molar-refractivity contribution in [1.29, 1.82) is 0 Å². The summed E-state index contributed by atoms with van der Waals surface area (Å²) in [5.74, 6) is 2.39. The van der Waals surface area contributed by atoms with Gasteiger partial charge in [0.2, 0.25) is 6.79 Å². The Balaban J connectivity index is 1.20. The Bertz CT molecular complexity index is 875. The number of rotatable bonds is 6. The zero-order chi connectivity index (χ0) is 20.2. The second kappa shape index (κ2) is 8.74. The normalized spacial score (nSPS) is 16.1. The van der Waals surface area contributed by atoms with Crippen molar-refractivity contribution in [2.75, 3.05) is 46.1 Å². The molecule has 2 aromatic rings. The molecule has 0 aromatic heterocycles. The standard InChI is InChI=1S/C23H28N2O4/c1-17-4-5-18(2)21(14-17)27-13-3-8-24-9-11-25(12-10-24)23(26)19-6-7-20-22(15-19)29-16-28-20/h4-7,14-15H,3,8-13,16H2,1-2H3. The van der Waals surface area contributed by atoms with Crippen LogP contribution in [-0.2, 0) is 0 Å². The van der Waals surface area contributed by atoms with Crippen LogP contribution in [0.5, 0.6) is 17.2 Å². The van der Waals surface area contributed by atoms with Crippen molar-refractivity contribution in [1.82, 2.24) is 9.80 Å². The van der Waals surface area contributed by atoms with Crippen molar-refractivity contribution in [3.63, 3.8) is 0 Å². The van der Waals surface area contributed by atoms with Crippen LogP contribution in [0.1, 0.15) is 27.9 Å². The summed E-state index contributed by atoms with van der Waals surface area (Å²) in [6.45, 7) is 9.33. The van der Waals surface area contributed by atoms with Gasteiger partial charge in [0.15, 0.2) is 11.5 Å². The van der Waals surface area contributed by atoms with E-state index in [0.29, 0.717) is 23.7 Å². The Hall–Kier alpha value is -2.73. The summed E-state index contributed by atoms with van der Waals surface area (Å²) in [7, 11) is 0. The lowest BCUT2D eigenvalue weighted by Crippen LogP contribution is -2.49. The van der Waals surface area contributed by atoms with E-state index >= 15 is 0 Å². The van der Waals surface area contributed by atoms with Crippen LogP contribution in [0, 0.1) is 13.8 Å². The quantitative estimate of drug-likeness (QED) is 0.702. The monoisotopic (exact) mass is 396 g/mol. The Labute approximate surface area is 172 Å². The van der Waals surface area contributed by atoms with E-state index in [1.165, 1.54) is 11.1 Å². The summed E-state index contributed by atoms with van der Waals surface area (Å²) in [6.07, 6.45) is 0.976. The van der Waals surface area contributed by atoms with Crippen molar-refractivity contribution in [2.45, 2.75) is 20.3 Å². The first kappa shape index (κ1) is 19.6. The molecule has 6 nitrogen and oxygen atoms in total. The van der Waals surface area contributed by atoms with Gasteiger partial charge in [-0.05, 0) is 55.7 Å². The fraction of sp³-hybridized carbons (Fsp3) is 0.435. The van der Waals surface area contributed by atoms with Gasteiger partial charge in [0.05, 0.1) is 6.61 Å². The number of carbonyl (C=O) groups excluding carboxylic acids is 1. The highest BCUT2D eigenvalue weighted by Gasteiger charge is 2.24. The molecular formula is C23H28N2O4. The molecule has 29 heavy (non-hydrogen) atoms. The van der Waals surface area contributed by atoms with Crippen LogP contribution in [-0.4, -0.2) is 61.8 Å². The van der Waals surface area contributed by atoms with Gasteiger partial charge in [-0.25, -0.2) is 0 Å². The molecule has 6 heteroatoms. The molecule has 2 aromatic carbocycles. The molecule has 0 spiro atoms. The third-order valence-corrected chi connectivity index (χ3v) is 5.50. The van der Waals surface area contributed by atoms with E-state index in [1.54, 1.807) is 6.07 Å². The van der Waals surface area contributed by atoms with Gasteiger partial charge in [-0.15, -0.1) is 0 Å². The van der Waals surface area contributed by atoms with Gasteiger partial charge in [-0.1, -0.05) is 12.1 Å². The number of nitrogens with zero attached hydrogens (tertiary/aromatic N) is 2. The van der Waals surface area contributed by atoms with Crippen molar-refractivity contribution in [3.8, 4) is 17.2 Å². The van der Waals surface area contributed by atoms with Crippen LogP contribution < -0.4 is 14.2 Å². The van der Waals surface area contributed by atoms with Crippen LogP contribution in [0.2, 0.25) is 0 Å². The zero-order valence-corrected chi connectivity index (χ0v) is 17.1. The molecule has 2 heterocycles. The molecule has 2 aliphatic rings. The van der Waals surface area contributed by atoms with Crippen LogP contribution in [0.25, 0.3) is 0 Å². The van der Waals surface area contributed by atoms with E-state index in [0.717, 1.165) is 44.9 Å². The van der Waals surface area contributed by atoms with E-state index < -0.39 is 0 Å². The van der Waals surface area contributed by atoms with Gasteiger partial charge in [0.1, 0.15) is 5.75 Å².